The molecular weight excluding hydrogens is 338 g/mol. The Labute approximate surface area is 132 Å². The van der Waals surface area contributed by atoms with Crippen molar-refractivity contribution in [1.82, 2.24) is 0 Å². The molecule has 0 radical (unpaired) electrons. The SMILES string of the molecule is NNc1ccc(-c2ccc(N)cc2C(F)(F)F)c(C(F)(F)F)c1N. The molecule has 2 aromatic rings. The molecule has 7 N–H and O–H groups in total. The topological polar surface area (TPSA) is 90.1 Å². The van der Waals surface area contributed by atoms with Gasteiger partial charge in [0.15, 0.2) is 0 Å². The van der Waals surface area contributed by atoms with Crippen LogP contribution in [-0.4, -0.2) is 0 Å². The molecule has 0 saturated carbocycles. The molecule has 0 aliphatic rings. The predicted molar refractivity (Wildman–Crippen MR) is 78.5 cm³/mol. The first-order chi connectivity index (χ1) is 11.0. The van der Waals surface area contributed by atoms with Crippen LogP contribution in [0.5, 0.6) is 0 Å². The lowest BCUT2D eigenvalue weighted by Gasteiger charge is -2.21. The van der Waals surface area contributed by atoms with Gasteiger partial charge in [0.25, 0.3) is 0 Å². The fraction of sp³-hybridized carbons (Fsp3) is 0.143. The summed E-state index contributed by atoms with van der Waals surface area (Å²) in [6.07, 6.45) is -9.89. The van der Waals surface area contributed by atoms with Crippen molar-refractivity contribution in [3.8, 4) is 11.1 Å². The third-order valence-electron chi connectivity index (χ3n) is 3.32. The number of nitrogens with two attached hydrogens (primary N) is 3. The number of nitrogen functional groups attached to an aromatic ring is 3. The summed E-state index contributed by atoms with van der Waals surface area (Å²) in [5.41, 5.74) is 7.36. The first kappa shape index (κ1) is 17.7. The van der Waals surface area contributed by atoms with Crippen LogP contribution >= 0.6 is 0 Å². The van der Waals surface area contributed by atoms with Crippen LogP contribution in [0.1, 0.15) is 11.1 Å². The van der Waals surface area contributed by atoms with Crippen LogP contribution in [0.2, 0.25) is 0 Å². The number of anilines is 3. The van der Waals surface area contributed by atoms with E-state index < -0.39 is 40.3 Å². The van der Waals surface area contributed by atoms with Gasteiger partial charge in [-0.3, -0.25) is 5.84 Å². The summed E-state index contributed by atoms with van der Waals surface area (Å²) in [6, 6.07) is 4.46. The van der Waals surface area contributed by atoms with Crippen LogP contribution in [0.4, 0.5) is 43.4 Å². The molecule has 0 atom stereocenters. The van der Waals surface area contributed by atoms with Gasteiger partial charge in [0.2, 0.25) is 0 Å². The lowest BCUT2D eigenvalue weighted by Crippen LogP contribution is -2.17. The Morgan fingerprint density at radius 1 is 0.792 bits per heavy atom. The van der Waals surface area contributed by atoms with E-state index in [1.807, 2.05) is 5.43 Å². The molecule has 4 nitrogen and oxygen atoms in total. The van der Waals surface area contributed by atoms with Crippen molar-refractivity contribution >= 4 is 17.1 Å². The highest BCUT2D eigenvalue weighted by molar-refractivity contribution is 5.83. The lowest BCUT2D eigenvalue weighted by molar-refractivity contribution is -0.139. The highest BCUT2D eigenvalue weighted by Crippen LogP contribution is 2.46. The van der Waals surface area contributed by atoms with Gasteiger partial charge >= 0.3 is 12.4 Å². The van der Waals surface area contributed by atoms with Gasteiger partial charge in [0.1, 0.15) is 0 Å². The van der Waals surface area contributed by atoms with Crippen LogP contribution in [0, 0.1) is 0 Å². The first-order valence-corrected chi connectivity index (χ1v) is 6.40. The van der Waals surface area contributed by atoms with Crippen molar-refractivity contribution in [2.24, 2.45) is 5.84 Å². The van der Waals surface area contributed by atoms with Crippen LogP contribution in [-0.2, 0) is 12.4 Å². The maximum Gasteiger partial charge on any atom is 0.419 e. The number of halogens is 6. The predicted octanol–water partition coefficient (Wildman–Crippen LogP) is 3.84. The highest BCUT2D eigenvalue weighted by Gasteiger charge is 2.40. The normalized spacial score (nSPS) is 12.3. The zero-order chi connectivity index (χ0) is 18.3. The molecule has 0 aliphatic heterocycles. The molecule has 0 amide bonds. The molecule has 0 spiro atoms. The van der Waals surface area contributed by atoms with E-state index in [2.05, 4.69) is 0 Å². The van der Waals surface area contributed by atoms with Gasteiger partial charge in [-0.15, -0.1) is 0 Å². The average Bonchev–Trinajstić information content (AvgIpc) is 2.44. The summed E-state index contributed by atoms with van der Waals surface area (Å²) < 4.78 is 79.7. The molecule has 0 heterocycles. The van der Waals surface area contributed by atoms with Gasteiger partial charge in [-0.2, -0.15) is 26.3 Å². The zero-order valence-corrected chi connectivity index (χ0v) is 11.9. The Morgan fingerprint density at radius 2 is 1.38 bits per heavy atom. The fourth-order valence-corrected chi connectivity index (χ4v) is 2.31. The maximum atomic E-state index is 13.4. The van der Waals surface area contributed by atoms with Gasteiger partial charge in [-0.25, -0.2) is 0 Å². The molecule has 0 aromatic heterocycles. The van der Waals surface area contributed by atoms with Gasteiger partial charge in [-0.05, 0) is 29.3 Å². The minimum Gasteiger partial charge on any atom is -0.399 e. The average molecular weight is 350 g/mol. The molecule has 0 bridgehead atoms. The number of nitrogens with one attached hydrogen (secondary N) is 1. The molecule has 0 saturated heterocycles. The van der Waals surface area contributed by atoms with Crippen molar-refractivity contribution in [2.75, 3.05) is 16.9 Å². The lowest BCUT2D eigenvalue weighted by atomic mass is 9.92. The van der Waals surface area contributed by atoms with Crippen LogP contribution in [0.15, 0.2) is 30.3 Å². The van der Waals surface area contributed by atoms with Crippen molar-refractivity contribution < 1.29 is 26.3 Å². The van der Waals surface area contributed by atoms with Gasteiger partial charge in [-0.1, -0.05) is 12.1 Å². The van der Waals surface area contributed by atoms with E-state index >= 15 is 0 Å². The summed E-state index contributed by atoms with van der Waals surface area (Å²) in [7, 11) is 0. The molecular formula is C14H12F6N4. The Bertz CT molecular complexity index is 767. The van der Waals surface area contributed by atoms with Crippen LogP contribution in [0.3, 0.4) is 0 Å². The van der Waals surface area contributed by atoms with Gasteiger partial charge < -0.3 is 16.9 Å². The monoisotopic (exact) mass is 350 g/mol. The second kappa shape index (κ2) is 5.78. The largest absolute Gasteiger partial charge is 0.419 e. The Kier molecular flexibility index (Phi) is 4.27. The van der Waals surface area contributed by atoms with E-state index in [1.165, 1.54) is 0 Å². The van der Waals surface area contributed by atoms with Crippen LogP contribution in [0.25, 0.3) is 11.1 Å². The fourth-order valence-electron chi connectivity index (χ4n) is 2.31. The third-order valence-corrected chi connectivity index (χ3v) is 3.32. The first-order valence-electron chi connectivity index (χ1n) is 6.40. The summed E-state index contributed by atoms with van der Waals surface area (Å²) in [5.74, 6) is 5.08. The smallest absolute Gasteiger partial charge is 0.399 e. The van der Waals surface area contributed by atoms with Crippen molar-refractivity contribution in [3.05, 3.63) is 41.5 Å². The molecule has 2 rings (SSSR count). The summed E-state index contributed by atoms with van der Waals surface area (Å²) in [5, 5.41) is 0. The van der Waals surface area contributed by atoms with Crippen LogP contribution < -0.4 is 22.7 Å². The van der Waals surface area contributed by atoms with E-state index in [4.69, 9.17) is 17.3 Å². The number of alkyl halides is 6. The van der Waals surface area contributed by atoms with Gasteiger partial charge in [0, 0.05) is 5.69 Å². The van der Waals surface area contributed by atoms with E-state index in [-0.39, 0.29) is 11.4 Å². The Morgan fingerprint density at radius 3 is 1.88 bits per heavy atom. The number of benzene rings is 2. The molecule has 2 aromatic carbocycles. The summed E-state index contributed by atoms with van der Waals surface area (Å²) >= 11 is 0. The number of hydrogen-bond acceptors (Lipinski definition) is 4. The van der Waals surface area contributed by atoms with E-state index in [0.717, 1.165) is 24.3 Å². The standard InChI is InChI=1S/C14H12F6N4/c15-13(16,17)9-5-6(21)1-2-7(9)8-3-4-10(24-23)12(22)11(8)14(18,19)20/h1-5,24H,21-23H2. The summed E-state index contributed by atoms with van der Waals surface area (Å²) in [6.45, 7) is 0. The van der Waals surface area contributed by atoms with E-state index in [9.17, 15) is 26.3 Å². The van der Waals surface area contributed by atoms with Crippen molar-refractivity contribution in [3.63, 3.8) is 0 Å². The molecule has 0 unspecified atom stereocenters. The maximum absolute atomic E-state index is 13.4. The number of rotatable bonds is 2. The molecule has 0 fully saturated rings. The molecule has 10 heteroatoms. The zero-order valence-electron chi connectivity index (χ0n) is 11.9. The van der Waals surface area contributed by atoms with E-state index in [1.54, 1.807) is 0 Å². The number of hydrazine groups is 1. The minimum atomic E-state index is -4.99. The van der Waals surface area contributed by atoms with Gasteiger partial charge in [0.05, 0.1) is 22.5 Å². The second-order valence-corrected chi connectivity index (χ2v) is 4.89. The second-order valence-electron chi connectivity index (χ2n) is 4.89. The van der Waals surface area contributed by atoms with Crippen molar-refractivity contribution in [1.29, 1.82) is 0 Å². The molecule has 0 aliphatic carbocycles. The van der Waals surface area contributed by atoms with Crippen molar-refractivity contribution in [2.45, 2.75) is 12.4 Å². The third kappa shape index (κ3) is 3.18. The Balaban J connectivity index is 2.86. The quantitative estimate of drug-likeness (QED) is 0.287. The highest BCUT2D eigenvalue weighted by atomic mass is 19.4. The minimum absolute atomic E-state index is 0.229. The molecule has 24 heavy (non-hydrogen) atoms. The molecule has 130 valence electrons. The Hall–Kier alpha value is -2.62. The number of hydrogen-bond donors (Lipinski definition) is 4. The van der Waals surface area contributed by atoms with E-state index in [0.29, 0.717) is 6.07 Å². The summed E-state index contributed by atoms with van der Waals surface area (Å²) in [4.78, 5) is 0.